The summed E-state index contributed by atoms with van der Waals surface area (Å²) in [5.41, 5.74) is 1.97. The SMILES string of the molecule is Cn1cc(C(=O)NCC2(N3CCOCC3)CCCCC2)c2ccccc21. The summed E-state index contributed by atoms with van der Waals surface area (Å²) in [4.78, 5) is 15.5. The zero-order valence-electron chi connectivity index (χ0n) is 15.7. The minimum absolute atomic E-state index is 0.0417. The van der Waals surface area contributed by atoms with Crippen LogP contribution in [0.15, 0.2) is 30.5 Å². The minimum atomic E-state index is 0.0417. The predicted molar refractivity (Wildman–Crippen MR) is 103 cm³/mol. The quantitative estimate of drug-likeness (QED) is 0.917. The monoisotopic (exact) mass is 355 g/mol. The molecule has 0 radical (unpaired) electrons. The average Bonchev–Trinajstić information content (AvgIpc) is 3.05. The van der Waals surface area contributed by atoms with Crippen molar-refractivity contribution in [2.45, 2.75) is 37.6 Å². The van der Waals surface area contributed by atoms with Gasteiger partial charge in [-0.15, -0.1) is 0 Å². The number of nitrogens with one attached hydrogen (secondary N) is 1. The Morgan fingerprint density at radius 3 is 2.65 bits per heavy atom. The summed E-state index contributed by atoms with van der Waals surface area (Å²) in [6.45, 7) is 4.29. The van der Waals surface area contributed by atoms with Gasteiger partial charge in [0, 0.05) is 49.3 Å². The summed E-state index contributed by atoms with van der Waals surface area (Å²) in [5, 5.41) is 4.30. The van der Waals surface area contributed by atoms with E-state index in [0.29, 0.717) is 0 Å². The first kappa shape index (κ1) is 17.6. The number of hydrogen-bond donors (Lipinski definition) is 1. The molecule has 0 unspecified atom stereocenters. The highest BCUT2D eigenvalue weighted by molar-refractivity contribution is 6.07. The Balaban J connectivity index is 1.52. The molecule has 1 aromatic heterocycles. The Hall–Kier alpha value is -1.85. The summed E-state index contributed by atoms with van der Waals surface area (Å²) >= 11 is 0. The molecular weight excluding hydrogens is 326 g/mol. The molecule has 1 saturated heterocycles. The van der Waals surface area contributed by atoms with Gasteiger partial charge in [0.15, 0.2) is 0 Å². The third kappa shape index (κ3) is 3.26. The highest BCUT2D eigenvalue weighted by atomic mass is 16.5. The molecule has 1 aromatic carbocycles. The predicted octanol–water partition coefficient (Wildman–Crippen LogP) is 2.94. The third-order valence-corrected chi connectivity index (χ3v) is 6.19. The molecule has 2 aliphatic rings. The first-order valence-corrected chi connectivity index (χ1v) is 9.85. The van der Waals surface area contributed by atoms with Crippen molar-refractivity contribution in [1.82, 2.24) is 14.8 Å². The van der Waals surface area contributed by atoms with Gasteiger partial charge < -0.3 is 14.6 Å². The van der Waals surface area contributed by atoms with Crippen molar-refractivity contribution in [1.29, 1.82) is 0 Å². The smallest absolute Gasteiger partial charge is 0.253 e. The van der Waals surface area contributed by atoms with E-state index in [-0.39, 0.29) is 11.4 Å². The van der Waals surface area contributed by atoms with Crippen molar-refractivity contribution in [2.75, 3.05) is 32.8 Å². The zero-order valence-corrected chi connectivity index (χ0v) is 15.7. The number of morpholine rings is 1. The summed E-state index contributed by atoms with van der Waals surface area (Å²) in [5.74, 6) is 0.0417. The number of hydrogen-bond acceptors (Lipinski definition) is 3. The number of ether oxygens (including phenoxy) is 1. The van der Waals surface area contributed by atoms with Crippen LogP contribution in [-0.4, -0.2) is 53.8 Å². The van der Waals surface area contributed by atoms with Gasteiger partial charge in [0.25, 0.3) is 5.91 Å². The molecule has 0 spiro atoms. The first-order chi connectivity index (χ1) is 12.7. The van der Waals surface area contributed by atoms with E-state index in [0.717, 1.165) is 49.3 Å². The van der Waals surface area contributed by atoms with Crippen LogP contribution in [0.5, 0.6) is 0 Å². The van der Waals surface area contributed by atoms with Crippen LogP contribution in [0.1, 0.15) is 42.5 Å². The second-order valence-electron chi connectivity index (χ2n) is 7.74. The number of carbonyl (C=O) groups excluding carboxylic acids is 1. The van der Waals surface area contributed by atoms with E-state index in [4.69, 9.17) is 4.74 Å². The number of rotatable bonds is 4. The molecule has 2 heterocycles. The topological polar surface area (TPSA) is 46.5 Å². The second-order valence-corrected chi connectivity index (χ2v) is 7.74. The summed E-state index contributed by atoms with van der Waals surface area (Å²) in [7, 11) is 2.00. The molecule has 1 N–H and O–H groups in total. The van der Waals surface area contributed by atoms with E-state index >= 15 is 0 Å². The number of nitrogens with zero attached hydrogens (tertiary/aromatic N) is 2. The number of para-hydroxylation sites is 1. The zero-order chi connectivity index (χ0) is 18.0. The third-order valence-electron chi connectivity index (χ3n) is 6.19. The lowest BCUT2D eigenvalue weighted by Gasteiger charge is -2.48. The number of aromatic nitrogens is 1. The van der Waals surface area contributed by atoms with Crippen molar-refractivity contribution in [2.24, 2.45) is 7.05 Å². The molecule has 140 valence electrons. The van der Waals surface area contributed by atoms with E-state index in [1.54, 1.807) is 0 Å². The molecule has 0 atom stereocenters. The standard InChI is InChI=1S/C21H29N3O2/c1-23-15-18(17-7-3-4-8-19(17)23)20(25)22-16-21(9-5-2-6-10-21)24-11-13-26-14-12-24/h3-4,7-8,15H,2,5-6,9-14,16H2,1H3,(H,22,25). The lowest BCUT2D eigenvalue weighted by Crippen LogP contribution is -2.59. The van der Waals surface area contributed by atoms with Crippen LogP contribution in [0.4, 0.5) is 0 Å². The normalized spacial score (nSPS) is 21.0. The van der Waals surface area contributed by atoms with Gasteiger partial charge in [0.1, 0.15) is 0 Å². The molecule has 5 nitrogen and oxygen atoms in total. The molecule has 26 heavy (non-hydrogen) atoms. The van der Waals surface area contributed by atoms with Gasteiger partial charge in [0.05, 0.1) is 18.8 Å². The molecular formula is C21H29N3O2. The van der Waals surface area contributed by atoms with Crippen LogP contribution in [0.3, 0.4) is 0 Å². The molecule has 2 aromatic rings. The number of benzene rings is 1. The van der Waals surface area contributed by atoms with Crippen LogP contribution in [0.2, 0.25) is 0 Å². The van der Waals surface area contributed by atoms with Gasteiger partial charge in [0.2, 0.25) is 0 Å². The second kappa shape index (κ2) is 7.41. The van der Waals surface area contributed by atoms with Gasteiger partial charge in [-0.3, -0.25) is 9.69 Å². The minimum Gasteiger partial charge on any atom is -0.379 e. The number of aryl methyl sites for hydroxylation is 1. The van der Waals surface area contributed by atoms with Crippen LogP contribution in [0, 0.1) is 0 Å². The van der Waals surface area contributed by atoms with Gasteiger partial charge in [-0.2, -0.15) is 0 Å². The largest absolute Gasteiger partial charge is 0.379 e. The van der Waals surface area contributed by atoms with Crippen LogP contribution in [0.25, 0.3) is 10.9 Å². The molecule has 4 rings (SSSR count). The molecule has 1 amide bonds. The summed E-state index contributed by atoms with van der Waals surface area (Å²) < 4.78 is 7.58. The maximum atomic E-state index is 13.0. The van der Waals surface area contributed by atoms with E-state index in [9.17, 15) is 4.79 Å². The van der Waals surface area contributed by atoms with E-state index < -0.39 is 0 Å². The van der Waals surface area contributed by atoms with Gasteiger partial charge in [-0.05, 0) is 18.9 Å². The Kier molecular flexibility index (Phi) is 5.00. The Morgan fingerprint density at radius 1 is 1.15 bits per heavy atom. The fourth-order valence-corrected chi connectivity index (χ4v) is 4.72. The lowest BCUT2D eigenvalue weighted by molar-refractivity contribution is -0.0361. The lowest BCUT2D eigenvalue weighted by atomic mass is 9.79. The van der Waals surface area contributed by atoms with Crippen LogP contribution >= 0.6 is 0 Å². The Labute approximate surface area is 155 Å². The fourth-order valence-electron chi connectivity index (χ4n) is 4.72. The van der Waals surface area contributed by atoms with Crippen molar-refractivity contribution < 1.29 is 9.53 Å². The molecule has 1 aliphatic carbocycles. The van der Waals surface area contributed by atoms with E-state index in [2.05, 4.69) is 16.3 Å². The molecule has 1 saturated carbocycles. The Bertz CT molecular complexity index is 771. The van der Waals surface area contributed by atoms with Gasteiger partial charge >= 0.3 is 0 Å². The Morgan fingerprint density at radius 2 is 1.88 bits per heavy atom. The average molecular weight is 355 g/mol. The molecule has 5 heteroatoms. The number of fused-ring (bicyclic) bond motifs is 1. The maximum Gasteiger partial charge on any atom is 0.253 e. The summed E-state index contributed by atoms with van der Waals surface area (Å²) in [6, 6.07) is 8.10. The summed E-state index contributed by atoms with van der Waals surface area (Å²) in [6.07, 6.45) is 8.10. The molecule has 2 fully saturated rings. The first-order valence-electron chi connectivity index (χ1n) is 9.85. The molecule has 0 bridgehead atoms. The van der Waals surface area contributed by atoms with Crippen molar-refractivity contribution in [3.63, 3.8) is 0 Å². The van der Waals surface area contributed by atoms with Crippen molar-refractivity contribution >= 4 is 16.8 Å². The van der Waals surface area contributed by atoms with Crippen molar-refractivity contribution in [3.8, 4) is 0 Å². The van der Waals surface area contributed by atoms with E-state index in [1.807, 2.05) is 36.0 Å². The number of amides is 1. The van der Waals surface area contributed by atoms with Crippen LogP contribution in [-0.2, 0) is 11.8 Å². The van der Waals surface area contributed by atoms with Gasteiger partial charge in [-0.25, -0.2) is 0 Å². The highest BCUT2D eigenvalue weighted by Gasteiger charge is 2.39. The maximum absolute atomic E-state index is 13.0. The van der Waals surface area contributed by atoms with Crippen LogP contribution < -0.4 is 5.32 Å². The van der Waals surface area contributed by atoms with Gasteiger partial charge in [-0.1, -0.05) is 37.5 Å². The van der Waals surface area contributed by atoms with E-state index in [1.165, 1.54) is 32.1 Å². The van der Waals surface area contributed by atoms with Crippen molar-refractivity contribution in [3.05, 3.63) is 36.0 Å². The fraction of sp³-hybridized carbons (Fsp3) is 0.571. The molecule has 1 aliphatic heterocycles. The number of carbonyl (C=O) groups is 1. The highest BCUT2D eigenvalue weighted by Crippen LogP contribution is 2.34.